The number of benzene rings is 1. The molecule has 1 aromatic heterocycles. The van der Waals surface area contributed by atoms with Gasteiger partial charge in [0.05, 0.1) is 0 Å². The van der Waals surface area contributed by atoms with Crippen LogP contribution in [0.5, 0.6) is 0 Å². The number of aromatic nitrogens is 1. The molecule has 2 heterocycles. The second-order valence-electron chi connectivity index (χ2n) is 5.18. The average molecular weight is 257 g/mol. The van der Waals surface area contributed by atoms with E-state index in [9.17, 15) is 4.79 Å². The fourth-order valence-corrected chi connectivity index (χ4v) is 2.64. The van der Waals surface area contributed by atoms with E-state index in [0.29, 0.717) is 5.92 Å². The Morgan fingerprint density at radius 1 is 1.37 bits per heavy atom. The lowest BCUT2D eigenvalue weighted by atomic mass is 10.1. The Balaban J connectivity index is 1.56. The molecule has 3 rings (SSSR count). The minimum Gasteiger partial charge on any atom is -0.361 e. The van der Waals surface area contributed by atoms with Gasteiger partial charge in [0.1, 0.15) is 0 Å². The number of fused-ring (bicyclic) bond motifs is 1. The number of amides is 1. The highest BCUT2D eigenvalue weighted by atomic mass is 16.1. The smallest absolute Gasteiger partial charge is 0.251 e. The van der Waals surface area contributed by atoms with Gasteiger partial charge in [-0.15, -0.1) is 0 Å². The van der Waals surface area contributed by atoms with Gasteiger partial charge in [-0.2, -0.15) is 0 Å². The molecule has 4 nitrogen and oxygen atoms in total. The van der Waals surface area contributed by atoms with E-state index in [2.05, 4.69) is 15.6 Å². The van der Waals surface area contributed by atoms with Gasteiger partial charge in [0, 0.05) is 23.8 Å². The second kappa shape index (κ2) is 5.45. The lowest BCUT2D eigenvalue weighted by molar-refractivity contribution is 0.0952. The number of hydrogen-bond acceptors (Lipinski definition) is 2. The third-order valence-electron chi connectivity index (χ3n) is 3.82. The Hall–Kier alpha value is -1.81. The van der Waals surface area contributed by atoms with Crippen LogP contribution in [0, 0.1) is 5.92 Å². The van der Waals surface area contributed by atoms with E-state index >= 15 is 0 Å². The van der Waals surface area contributed by atoms with E-state index in [4.69, 9.17) is 0 Å². The normalized spacial score (nSPS) is 18.8. The third-order valence-corrected chi connectivity index (χ3v) is 3.82. The van der Waals surface area contributed by atoms with Crippen molar-refractivity contribution in [2.45, 2.75) is 12.8 Å². The largest absolute Gasteiger partial charge is 0.361 e. The first kappa shape index (κ1) is 12.2. The van der Waals surface area contributed by atoms with Gasteiger partial charge in [0.2, 0.25) is 0 Å². The van der Waals surface area contributed by atoms with Crippen LogP contribution >= 0.6 is 0 Å². The molecule has 19 heavy (non-hydrogen) atoms. The summed E-state index contributed by atoms with van der Waals surface area (Å²) >= 11 is 0. The van der Waals surface area contributed by atoms with E-state index in [-0.39, 0.29) is 5.91 Å². The Morgan fingerprint density at radius 3 is 3.16 bits per heavy atom. The Morgan fingerprint density at radius 2 is 2.32 bits per heavy atom. The molecule has 0 radical (unpaired) electrons. The standard InChI is InChI=1S/C15H19N3O/c19-15(18-7-4-11-3-6-16-10-11)13-2-1-12-5-8-17-14(12)9-13/h1-2,5,8-9,11,16-17H,3-4,6-7,10H2,(H,18,19). The summed E-state index contributed by atoms with van der Waals surface area (Å²) in [6.07, 6.45) is 4.17. The van der Waals surface area contributed by atoms with Crippen molar-refractivity contribution >= 4 is 16.8 Å². The van der Waals surface area contributed by atoms with Gasteiger partial charge < -0.3 is 15.6 Å². The highest BCUT2D eigenvalue weighted by molar-refractivity contribution is 5.97. The minimum atomic E-state index is 0.0162. The van der Waals surface area contributed by atoms with Crippen molar-refractivity contribution in [3.05, 3.63) is 36.0 Å². The fraction of sp³-hybridized carbons (Fsp3) is 0.400. The summed E-state index contributed by atoms with van der Waals surface area (Å²) in [4.78, 5) is 15.2. The molecule has 1 amide bonds. The maximum Gasteiger partial charge on any atom is 0.251 e. The summed E-state index contributed by atoms with van der Waals surface area (Å²) in [5, 5.41) is 7.48. The predicted octanol–water partition coefficient (Wildman–Crippen LogP) is 1.90. The molecule has 4 heteroatoms. The number of carbonyl (C=O) groups is 1. The molecule has 2 aromatic rings. The van der Waals surface area contributed by atoms with Gasteiger partial charge in [-0.05, 0) is 55.4 Å². The first-order chi connectivity index (χ1) is 9.33. The molecule has 0 saturated carbocycles. The summed E-state index contributed by atoms with van der Waals surface area (Å²) in [6, 6.07) is 7.76. The van der Waals surface area contributed by atoms with Gasteiger partial charge in [-0.25, -0.2) is 0 Å². The molecule has 1 atom stereocenters. The van der Waals surface area contributed by atoms with Crippen LogP contribution in [0.15, 0.2) is 30.5 Å². The predicted molar refractivity (Wildman–Crippen MR) is 76.2 cm³/mol. The van der Waals surface area contributed by atoms with Crippen LogP contribution in [0.1, 0.15) is 23.2 Å². The van der Waals surface area contributed by atoms with Gasteiger partial charge >= 0.3 is 0 Å². The quantitative estimate of drug-likeness (QED) is 0.783. The van der Waals surface area contributed by atoms with Crippen LogP contribution in [-0.4, -0.2) is 30.5 Å². The molecular formula is C15H19N3O. The average Bonchev–Trinajstić information content (AvgIpc) is 3.08. The number of hydrogen-bond donors (Lipinski definition) is 3. The molecule has 0 aliphatic carbocycles. The molecule has 0 spiro atoms. The maximum atomic E-state index is 12.0. The zero-order valence-corrected chi connectivity index (χ0v) is 10.9. The number of rotatable bonds is 4. The fourth-order valence-electron chi connectivity index (χ4n) is 2.64. The van der Waals surface area contributed by atoms with Crippen molar-refractivity contribution in [1.82, 2.24) is 15.6 Å². The topological polar surface area (TPSA) is 56.9 Å². The second-order valence-corrected chi connectivity index (χ2v) is 5.18. The zero-order chi connectivity index (χ0) is 13.1. The molecule has 100 valence electrons. The van der Waals surface area contributed by atoms with Crippen molar-refractivity contribution in [3.8, 4) is 0 Å². The molecule has 1 aliphatic heterocycles. The Labute approximate surface area is 112 Å². The Bertz CT molecular complexity index is 570. The van der Waals surface area contributed by atoms with Gasteiger partial charge in [0.25, 0.3) is 5.91 Å². The molecule has 1 fully saturated rings. The summed E-state index contributed by atoms with van der Waals surface area (Å²) in [6.45, 7) is 2.96. The maximum absolute atomic E-state index is 12.0. The molecule has 1 unspecified atom stereocenters. The summed E-state index contributed by atoms with van der Waals surface area (Å²) in [5.41, 5.74) is 1.73. The van der Waals surface area contributed by atoms with Crippen LogP contribution in [-0.2, 0) is 0 Å². The van der Waals surface area contributed by atoms with Crippen molar-refractivity contribution in [1.29, 1.82) is 0 Å². The molecule has 0 bridgehead atoms. The molecule has 1 aliphatic rings. The van der Waals surface area contributed by atoms with Crippen LogP contribution in [0.4, 0.5) is 0 Å². The van der Waals surface area contributed by atoms with E-state index in [0.717, 1.165) is 42.5 Å². The first-order valence-corrected chi connectivity index (χ1v) is 6.89. The summed E-state index contributed by atoms with van der Waals surface area (Å²) in [5.74, 6) is 0.730. The van der Waals surface area contributed by atoms with Crippen molar-refractivity contribution in [3.63, 3.8) is 0 Å². The van der Waals surface area contributed by atoms with E-state index in [1.165, 1.54) is 6.42 Å². The molecular weight excluding hydrogens is 238 g/mol. The van der Waals surface area contributed by atoms with Crippen molar-refractivity contribution < 1.29 is 4.79 Å². The monoisotopic (exact) mass is 257 g/mol. The van der Waals surface area contributed by atoms with Crippen molar-refractivity contribution in [2.75, 3.05) is 19.6 Å². The van der Waals surface area contributed by atoms with Gasteiger partial charge in [-0.1, -0.05) is 6.07 Å². The molecule has 1 saturated heterocycles. The van der Waals surface area contributed by atoms with E-state index in [1.807, 2.05) is 30.5 Å². The number of H-pyrrole nitrogens is 1. The Kier molecular flexibility index (Phi) is 3.51. The summed E-state index contributed by atoms with van der Waals surface area (Å²) in [7, 11) is 0. The number of carbonyl (C=O) groups excluding carboxylic acids is 1. The summed E-state index contributed by atoms with van der Waals surface area (Å²) < 4.78 is 0. The number of aromatic amines is 1. The van der Waals surface area contributed by atoms with Gasteiger partial charge in [0.15, 0.2) is 0 Å². The van der Waals surface area contributed by atoms with Crippen LogP contribution in [0.3, 0.4) is 0 Å². The lowest BCUT2D eigenvalue weighted by Gasteiger charge is -2.09. The van der Waals surface area contributed by atoms with Crippen LogP contribution in [0.2, 0.25) is 0 Å². The van der Waals surface area contributed by atoms with E-state index < -0.39 is 0 Å². The van der Waals surface area contributed by atoms with Crippen LogP contribution in [0.25, 0.3) is 10.9 Å². The lowest BCUT2D eigenvalue weighted by Crippen LogP contribution is -2.26. The zero-order valence-electron chi connectivity index (χ0n) is 10.9. The highest BCUT2D eigenvalue weighted by Gasteiger charge is 2.14. The molecule has 3 N–H and O–H groups in total. The number of nitrogens with one attached hydrogen (secondary N) is 3. The molecule has 1 aromatic carbocycles. The van der Waals surface area contributed by atoms with Gasteiger partial charge in [-0.3, -0.25) is 4.79 Å². The minimum absolute atomic E-state index is 0.0162. The van der Waals surface area contributed by atoms with Crippen molar-refractivity contribution in [2.24, 2.45) is 5.92 Å². The SMILES string of the molecule is O=C(NCCC1CCNC1)c1ccc2cc[nH]c2c1. The van der Waals surface area contributed by atoms with E-state index in [1.54, 1.807) is 0 Å². The third kappa shape index (κ3) is 2.79. The van der Waals surface area contributed by atoms with Crippen LogP contribution < -0.4 is 10.6 Å². The first-order valence-electron chi connectivity index (χ1n) is 6.89. The highest BCUT2D eigenvalue weighted by Crippen LogP contribution is 2.14.